The second kappa shape index (κ2) is 12.7. The Balaban J connectivity index is 1.05. The topological polar surface area (TPSA) is 27.7 Å². The first-order chi connectivity index (χ1) is 19.4. The molecule has 1 aromatic carbocycles. The summed E-state index contributed by atoms with van der Waals surface area (Å²) in [7, 11) is 0. The molecule has 1 aromatic rings. The van der Waals surface area contributed by atoms with Crippen LogP contribution in [0.3, 0.4) is 0 Å². The normalized spacial score (nSPS) is 35.8. The summed E-state index contributed by atoms with van der Waals surface area (Å²) < 4.78 is 114. The maximum absolute atomic E-state index is 15.1. The summed E-state index contributed by atoms with van der Waals surface area (Å²) in [6, 6.07) is 1.42. The van der Waals surface area contributed by atoms with E-state index in [0.29, 0.717) is 75.7 Å². The highest BCUT2D eigenvalue weighted by atomic mass is 19.4. The van der Waals surface area contributed by atoms with E-state index < -0.39 is 47.4 Å². The van der Waals surface area contributed by atoms with Crippen molar-refractivity contribution in [1.82, 2.24) is 0 Å². The van der Waals surface area contributed by atoms with Gasteiger partial charge in [0.2, 0.25) is 0 Å². The van der Waals surface area contributed by atoms with Crippen LogP contribution in [0.2, 0.25) is 0 Å². The van der Waals surface area contributed by atoms with Crippen molar-refractivity contribution in [2.75, 3.05) is 13.2 Å². The molecule has 3 saturated carbocycles. The third-order valence-electron chi connectivity index (χ3n) is 10.1. The molecule has 1 aliphatic heterocycles. The lowest BCUT2D eigenvalue weighted by molar-refractivity contribution is -0.305. The van der Waals surface area contributed by atoms with Crippen molar-refractivity contribution in [1.29, 1.82) is 0 Å². The van der Waals surface area contributed by atoms with E-state index >= 15 is 8.78 Å². The number of alkyl halides is 5. The minimum atomic E-state index is -5.13. The minimum absolute atomic E-state index is 0.0920. The zero-order valence-corrected chi connectivity index (χ0v) is 23.5. The molecule has 0 N–H and O–H groups in total. The second-order valence-corrected chi connectivity index (χ2v) is 12.9. The van der Waals surface area contributed by atoms with E-state index in [1.54, 1.807) is 0 Å². The molecule has 0 amide bonds. The van der Waals surface area contributed by atoms with Gasteiger partial charge in [0.15, 0.2) is 6.29 Å². The van der Waals surface area contributed by atoms with Crippen LogP contribution in [0.15, 0.2) is 12.1 Å². The third kappa shape index (κ3) is 7.40. The summed E-state index contributed by atoms with van der Waals surface area (Å²) in [5.74, 6) is -2.69. The number of hydrogen-bond donors (Lipinski definition) is 0. The number of halogens is 7. The molecule has 10 heteroatoms. The fraction of sp³-hybridized carbons (Fsp3) is 0.806. The first kappa shape index (κ1) is 31.0. The van der Waals surface area contributed by atoms with Crippen LogP contribution in [-0.2, 0) is 20.4 Å². The van der Waals surface area contributed by atoms with E-state index in [9.17, 15) is 22.0 Å². The molecule has 0 bridgehead atoms. The average Bonchev–Trinajstić information content (AvgIpc) is 2.93. The van der Waals surface area contributed by atoms with Gasteiger partial charge in [-0.05, 0) is 99.7 Å². The Morgan fingerprint density at radius 2 is 1.22 bits per heavy atom. The number of ether oxygens (including phenoxy) is 3. The molecular weight excluding hydrogens is 553 g/mol. The quantitative estimate of drug-likeness (QED) is 0.307. The van der Waals surface area contributed by atoms with Crippen molar-refractivity contribution < 1.29 is 44.9 Å². The summed E-state index contributed by atoms with van der Waals surface area (Å²) in [6.07, 6.45) is -1.66. The van der Waals surface area contributed by atoms with Gasteiger partial charge in [0, 0.05) is 11.8 Å². The van der Waals surface area contributed by atoms with E-state index in [-0.39, 0.29) is 30.6 Å². The standard InChI is InChI=1S/C31H41F7O3/c1-18-2-4-20(5-3-18)23-16-39-29(40-17-23)21-6-10-24(11-7-21)31(37,38)41-25-12-8-19(9-13-25)22-14-26(32)28(27(33)15-22)30(34,35)36/h14-15,18-21,23-25,29H,2-13,16-17H2,1H3. The van der Waals surface area contributed by atoms with Gasteiger partial charge in [-0.2, -0.15) is 22.0 Å². The minimum Gasteiger partial charge on any atom is -0.352 e. The summed E-state index contributed by atoms with van der Waals surface area (Å²) in [6.45, 7) is 3.66. The largest absolute Gasteiger partial charge is 0.422 e. The molecule has 0 aromatic heterocycles. The smallest absolute Gasteiger partial charge is 0.352 e. The first-order valence-corrected chi connectivity index (χ1v) is 15.3. The fourth-order valence-corrected chi connectivity index (χ4v) is 7.49. The molecule has 0 atom stereocenters. The Morgan fingerprint density at radius 1 is 0.683 bits per heavy atom. The molecule has 4 aliphatic rings. The molecule has 4 fully saturated rings. The summed E-state index contributed by atoms with van der Waals surface area (Å²) in [5, 5.41) is 0. The average molecular weight is 595 g/mol. The van der Waals surface area contributed by atoms with E-state index in [1.165, 1.54) is 25.7 Å². The zero-order valence-electron chi connectivity index (χ0n) is 23.5. The summed E-state index contributed by atoms with van der Waals surface area (Å²) in [5.41, 5.74) is -1.80. The van der Waals surface area contributed by atoms with Crippen molar-refractivity contribution in [3.05, 3.63) is 34.9 Å². The maximum atomic E-state index is 15.1. The van der Waals surface area contributed by atoms with E-state index in [2.05, 4.69) is 6.92 Å². The number of benzene rings is 1. The lowest BCUT2D eigenvalue weighted by Crippen LogP contribution is -2.43. The van der Waals surface area contributed by atoms with Gasteiger partial charge in [0.25, 0.3) is 0 Å². The van der Waals surface area contributed by atoms with Crippen LogP contribution in [0.25, 0.3) is 0 Å². The Hall–Kier alpha value is -1.39. The molecule has 41 heavy (non-hydrogen) atoms. The highest BCUT2D eigenvalue weighted by Gasteiger charge is 2.47. The van der Waals surface area contributed by atoms with Crippen LogP contribution in [0, 0.1) is 41.2 Å². The predicted molar refractivity (Wildman–Crippen MR) is 138 cm³/mol. The Kier molecular flexibility index (Phi) is 9.61. The van der Waals surface area contributed by atoms with Crippen molar-refractivity contribution >= 4 is 0 Å². The van der Waals surface area contributed by atoms with Crippen LogP contribution in [0.5, 0.6) is 0 Å². The maximum Gasteiger partial charge on any atom is 0.422 e. The van der Waals surface area contributed by atoms with Gasteiger partial charge in [0.05, 0.1) is 25.2 Å². The first-order valence-electron chi connectivity index (χ1n) is 15.3. The molecule has 0 spiro atoms. The SMILES string of the molecule is CC1CCC(C2COC(C3CCC(C(F)(F)OC4CCC(c5cc(F)c(C(F)(F)F)c(F)c5)CC4)CC3)OC2)CC1. The van der Waals surface area contributed by atoms with E-state index in [0.717, 1.165) is 5.92 Å². The fourth-order valence-electron chi connectivity index (χ4n) is 7.49. The van der Waals surface area contributed by atoms with Gasteiger partial charge in [-0.1, -0.05) is 19.8 Å². The monoisotopic (exact) mass is 594 g/mol. The molecule has 1 heterocycles. The molecule has 5 rings (SSSR count). The molecule has 1 saturated heterocycles. The molecule has 0 radical (unpaired) electrons. The van der Waals surface area contributed by atoms with Crippen LogP contribution >= 0.6 is 0 Å². The van der Waals surface area contributed by atoms with Gasteiger partial charge in [-0.15, -0.1) is 0 Å². The predicted octanol–water partition coefficient (Wildman–Crippen LogP) is 9.24. The lowest BCUT2D eigenvalue weighted by atomic mass is 9.76. The van der Waals surface area contributed by atoms with Crippen LogP contribution in [0.4, 0.5) is 30.7 Å². The molecule has 232 valence electrons. The van der Waals surface area contributed by atoms with Crippen molar-refractivity contribution in [2.24, 2.45) is 29.6 Å². The van der Waals surface area contributed by atoms with Crippen molar-refractivity contribution in [3.8, 4) is 0 Å². The summed E-state index contributed by atoms with van der Waals surface area (Å²) >= 11 is 0. The lowest BCUT2D eigenvalue weighted by Gasteiger charge is -2.42. The molecule has 0 unspecified atom stereocenters. The molecule has 3 aliphatic carbocycles. The van der Waals surface area contributed by atoms with E-state index in [1.807, 2.05) is 0 Å². The van der Waals surface area contributed by atoms with Gasteiger partial charge in [-0.25, -0.2) is 8.78 Å². The third-order valence-corrected chi connectivity index (χ3v) is 10.1. The second-order valence-electron chi connectivity index (χ2n) is 12.9. The van der Waals surface area contributed by atoms with Crippen LogP contribution in [-0.4, -0.2) is 31.7 Å². The number of hydrogen-bond acceptors (Lipinski definition) is 3. The highest BCUT2D eigenvalue weighted by molar-refractivity contribution is 5.30. The van der Waals surface area contributed by atoms with Crippen LogP contribution < -0.4 is 0 Å². The van der Waals surface area contributed by atoms with Gasteiger partial charge >= 0.3 is 12.3 Å². The summed E-state index contributed by atoms with van der Waals surface area (Å²) in [4.78, 5) is 0. The van der Waals surface area contributed by atoms with Gasteiger partial charge in [0.1, 0.15) is 17.2 Å². The van der Waals surface area contributed by atoms with Crippen molar-refractivity contribution in [2.45, 2.75) is 115 Å². The number of rotatable bonds is 6. The van der Waals surface area contributed by atoms with Gasteiger partial charge in [-0.3, -0.25) is 0 Å². The Labute approximate surface area is 237 Å². The van der Waals surface area contributed by atoms with E-state index in [4.69, 9.17) is 14.2 Å². The zero-order chi connectivity index (χ0) is 29.4. The molecule has 3 nitrogen and oxygen atoms in total. The van der Waals surface area contributed by atoms with Crippen molar-refractivity contribution in [3.63, 3.8) is 0 Å². The highest BCUT2D eigenvalue weighted by Crippen LogP contribution is 2.45. The van der Waals surface area contributed by atoms with Crippen LogP contribution in [0.1, 0.15) is 101 Å². The Morgan fingerprint density at radius 3 is 1.76 bits per heavy atom. The van der Waals surface area contributed by atoms with Gasteiger partial charge < -0.3 is 14.2 Å². The molecular formula is C31H41F7O3. The Bertz CT molecular complexity index is 976.